The summed E-state index contributed by atoms with van der Waals surface area (Å²) in [5.41, 5.74) is 6.44. The Balaban J connectivity index is 1.66. The first-order chi connectivity index (χ1) is 10.1. The van der Waals surface area contributed by atoms with Crippen molar-refractivity contribution < 1.29 is 0 Å². The zero-order valence-electron chi connectivity index (χ0n) is 13.3. The summed E-state index contributed by atoms with van der Waals surface area (Å²) in [6, 6.07) is 5.26. The van der Waals surface area contributed by atoms with Gasteiger partial charge in [-0.2, -0.15) is 5.10 Å². The lowest BCUT2D eigenvalue weighted by atomic mass is 10.1. The van der Waals surface area contributed by atoms with Crippen molar-refractivity contribution in [2.24, 2.45) is 0 Å². The molecule has 3 rings (SSSR count). The molecule has 21 heavy (non-hydrogen) atoms. The highest BCUT2D eigenvalue weighted by Crippen LogP contribution is 2.21. The van der Waals surface area contributed by atoms with Crippen molar-refractivity contribution in [1.82, 2.24) is 15.1 Å². The summed E-state index contributed by atoms with van der Waals surface area (Å²) in [7, 11) is 0. The normalized spacial score (nSPS) is 14.6. The van der Waals surface area contributed by atoms with E-state index in [9.17, 15) is 0 Å². The summed E-state index contributed by atoms with van der Waals surface area (Å²) in [6.45, 7) is 7.59. The second-order valence-corrected chi connectivity index (χ2v) is 6.37. The van der Waals surface area contributed by atoms with Crippen molar-refractivity contribution in [2.45, 2.75) is 52.5 Å². The Hall–Kier alpha value is -1.61. The lowest BCUT2D eigenvalue weighted by Crippen LogP contribution is -2.17. The van der Waals surface area contributed by atoms with Crippen LogP contribution in [0, 0.1) is 20.8 Å². The first-order valence-electron chi connectivity index (χ1n) is 7.98. The molecule has 0 spiro atoms. The Bertz CT molecular complexity index is 600. The second-order valence-electron chi connectivity index (χ2n) is 6.37. The number of aryl methyl sites for hydroxylation is 4. The Morgan fingerprint density at radius 2 is 1.90 bits per heavy atom. The van der Waals surface area contributed by atoms with Crippen LogP contribution in [0.15, 0.2) is 24.5 Å². The zero-order chi connectivity index (χ0) is 14.8. The Morgan fingerprint density at radius 3 is 2.57 bits per heavy atom. The highest BCUT2D eigenvalue weighted by molar-refractivity contribution is 5.48. The molecular formula is C18H25N3. The van der Waals surface area contributed by atoms with Crippen LogP contribution in [-0.2, 0) is 6.42 Å². The summed E-state index contributed by atoms with van der Waals surface area (Å²) in [5, 5.41) is 8.12. The molecule has 0 amide bonds. The maximum absolute atomic E-state index is 4.56. The summed E-state index contributed by atoms with van der Waals surface area (Å²) >= 11 is 0. The van der Waals surface area contributed by atoms with Crippen LogP contribution in [0.25, 0.3) is 5.69 Å². The molecule has 3 heteroatoms. The zero-order valence-corrected chi connectivity index (χ0v) is 13.3. The van der Waals surface area contributed by atoms with Gasteiger partial charge in [-0.3, -0.25) is 0 Å². The molecule has 1 aromatic heterocycles. The summed E-state index contributed by atoms with van der Waals surface area (Å²) in [5.74, 6) is 0. The van der Waals surface area contributed by atoms with Gasteiger partial charge in [0.1, 0.15) is 0 Å². The maximum atomic E-state index is 4.56. The summed E-state index contributed by atoms with van der Waals surface area (Å²) < 4.78 is 2.04. The van der Waals surface area contributed by atoms with Gasteiger partial charge in [0.05, 0.1) is 11.9 Å². The molecule has 0 aliphatic heterocycles. The highest BCUT2D eigenvalue weighted by atomic mass is 15.3. The van der Waals surface area contributed by atoms with Gasteiger partial charge < -0.3 is 5.32 Å². The quantitative estimate of drug-likeness (QED) is 0.823. The fourth-order valence-electron chi connectivity index (χ4n) is 3.03. The standard InChI is InChI=1S/C18H25N3/c1-13-9-14(2)18(15(3)10-13)21-12-16(11-20-21)5-4-8-19-17-6-7-17/h9-12,17,19H,4-8H2,1-3H3. The number of benzene rings is 1. The number of nitrogens with one attached hydrogen (secondary N) is 1. The van der Waals surface area contributed by atoms with Crippen molar-refractivity contribution in [3.63, 3.8) is 0 Å². The van der Waals surface area contributed by atoms with Gasteiger partial charge in [-0.1, -0.05) is 17.7 Å². The van der Waals surface area contributed by atoms with E-state index in [-0.39, 0.29) is 0 Å². The van der Waals surface area contributed by atoms with Crippen molar-refractivity contribution in [1.29, 1.82) is 0 Å². The predicted molar refractivity (Wildman–Crippen MR) is 87.1 cm³/mol. The summed E-state index contributed by atoms with van der Waals surface area (Å²) in [6.07, 6.45) is 9.21. The SMILES string of the molecule is Cc1cc(C)c(-n2cc(CCCNC3CC3)cn2)c(C)c1. The molecule has 0 atom stereocenters. The molecule has 1 heterocycles. The van der Waals surface area contributed by atoms with Gasteiger partial charge in [-0.05, 0) is 69.7 Å². The lowest BCUT2D eigenvalue weighted by molar-refractivity contribution is 0.645. The Labute approximate surface area is 127 Å². The minimum atomic E-state index is 0.811. The maximum Gasteiger partial charge on any atom is 0.0704 e. The van der Waals surface area contributed by atoms with Gasteiger partial charge in [0, 0.05) is 12.2 Å². The molecule has 0 bridgehead atoms. The van der Waals surface area contributed by atoms with E-state index < -0.39 is 0 Å². The van der Waals surface area contributed by atoms with Gasteiger partial charge in [0.25, 0.3) is 0 Å². The third-order valence-corrected chi connectivity index (χ3v) is 4.15. The van der Waals surface area contributed by atoms with Gasteiger partial charge in [0.2, 0.25) is 0 Å². The van der Waals surface area contributed by atoms with Gasteiger partial charge in [0.15, 0.2) is 0 Å². The third kappa shape index (κ3) is 3.53. The van der Waals surface area contributed by atoms with E-state index in [0.717, 1.165) is 19.0 Å². The monoisotopic (exact) mass is 283 g/mol. The van der Waals surface area contributed by atoms with Crippen molar-refractivity contribution >= 4 is 0 Å². The topological polar surface area (TPSA) is 29.9 Å². The first kappa shape index (κ1) is 14.3. The molecule has 1 fully saturated rings. The molecule has 0 saturated heterocycles. The van der Waals surface area contributed by atoms with Crippen LogP contribution in [0.5, 0.6) is 0 Å². The molecule has 1 aliphatic rings. The molecular weight excluding hydrogens is 258 g/mol. The van der Waals surface area contributed by atoms with Crippen LogP contribution in [0.1, 0.15) is 41.5 Å². The van der Waals surface area contributed by atoms with E-state index in [0.29, 0.717) is 0 Å². The van der Waals surface area contributed by atoms with Gasteiger partial charge >= 0.3 is 0 Å². The molecule has 1 aromatic carbocycles. The first-order valence-corrected chi connectivity index (χ1v) is 7.98. The number of hydrogen-bond acceptors (Lipinski definition) is 2. The van der Waals surface area contributed by atoms with Crippen molar-refractivity contribution in [2.75, 3.05) is 6.54 Å². The molecule has 0 unspecified atom stereocenters. The van der Waals surface area contributed by atoms with Gasteiger partial charge in [-0.25, -0.2) is 4.68 Å². The number of nitrogens with zero attached hydrogens (tertiary/aromatic N) is 2. The molecule has 1 N–H and O–H groups in total. The fraction of sp³-hybridized carbons (Fsp3) is 0.500. The van der Waals surface area contributed by atoms with Gasteiger partial charge in [-0.15, -0.1) is 0 Å². The van der Waals surface area contributed by atoms with E-state index in [1.807, 2.05) is 10.9 Å². The van der Waals surface area contributed by atoms with E-state index in [1.165, 1.54) is 47.2 Å². The van der Waals surface area contributed by atoms with E-state index in [4.69, 9.17) is 0 Å². The van der Waals surface area contributed by atoms with Crippen LogP contribution in [0.3, 0.4) is 0 Å². The second kappa shape index (κ2) is 6.02. The van der Waals surface area contributed by atoms with Crippen LogP contribution < -0.4 is 5.32 Å². The average Bonchev–Trinajstić information content (AvgIpc) is 3.13. The van der Waals surface area contributed by atoms with Crippen LogP contribution in [-0.4, -0.2) is 22.4 Å². The lowest BCUT2D eigenvalue weighted by Gasteiger charge is -2.11. The highest BCUT2D eigenvalue weighted by Gasteiger charge is 2.19. The molecule has 2 aromatic rings. The number of hydrogen-bond donors (Lipinski definition) is 1. The average molecular weight is 283 g/mol. The van der Waals surface area contributed by atoms with Crippen LogP contribution in [0.4, 0.5) is 0 Å². The molecule has 1 saturated carbocycles. The number of rotatable bonds is 6. The minimum Gasteiger partial charge on any atom is -0.314 e. The minimum absolute atomic E-state index is 0.811. The largest absolute Gasteiger partial charge is 0.314 e. The summed E-state index contributed by atoms with van der Waals surface area (Å²) in [4.78, 5) is 0. The van der Waals surface area contributed by atoms with Crippen LogP contribution in [0.2, 0.25) is 0 Å². The molecule has 0 radical (unpaired) electrons. The predicted octanol–water partition coefficient (Wildman–Crippen LogP) is 3.48. The Kier molecular flexibility index (Phi) is 4.11. The van der Waals surface area contributed by atoms with E-state index >= 15 is 0 Å². The van der Waals surface area contributed by atoms with Crippen LogP contribution >= 0.6 is 0 Å². The molecule has 3 nitrogen and oxygen atoms in total. The van der Waals surface area contributed by atoms with Crippen molar-refractivity contribution in [3.8, 4) is 5.69 Å². The number of aromatic nitrogens is 2. The fourth-order valence-corrected chi connectivity index (χ4v) is 3.03. The smallest absolute Gasteiger partial charge is 0.0704 e. The third-order valence-electron chi connectivity index (χ3n) is 4.15. The van der Waals surface area contributed by atoms with E-state index in [1.54, 1.807) is 0 Å². The van der Waals surface area contributed by atoms with E-state index in [2.05, 4.69) is 49.5 Å². The Morgan fingerprint density at radius 1 is 1.19 bits per heavy atom. The molecule has 1 aliphatic carbocycles. The van der Waals surface area contributed by atoms with Crippen molar-refractivity contribution in [3.05, 3.63) is 46.8 Å². The molecule has 112 valence electrons.